The Labute approximate surface area is 221 Å². The van der Waals surface area contributed by atoms with Crippen LogP contribution in [0.2, 0.25) is 0 Å². The van der Waals surface area contributed by atoms with Crippen molar-refractivity contribution < 1.29 is 19.1 Å². The average molecular weight is 503 g/mol. The fourth-order valence-electron chi connectivity index (χ4n) is 10.0. The zero-order valence-electron chi connectivity index (χ0n) is 24.5. The van der Waals surface area contributed by atoms with Crippen molar-refractivity contribution in [2.24, 2.45) is 58.2 Å². The smallest absolute Gasteiger partial charge is 0.302 e. The van der Waals surface area contributed by atoms with Gasteiger partial charge in [0.1, 0.15) is 12.2 Å². The Morgan fingerprint density at radius 1 is 0.861 bits per heavy atom. The van der Waals surface area contributed by atoms with E-state index in [1.165, 1.54) is 45.4 Å². The van der Waals surface area contributed by atoms with Crippen LogP contribution in [0, 0.1) is 58.2 Å². The topological polar surface area (TPSA) is 52.6 Å². The lowest BCUT2D eigenvalue weighted by Crippen LogP contribution is -2.60. The summed E-state index contributed by atoms with van der Waals surface area (Å²) in [4.78, 5) is 24.0. The molecule has 0 aromatic heterocycles. The van der Waals surface area contributed by atoms with Gasteiger partial charge >= 0.3 is 11.9 Å². The first-order valence-corrected chi connectivity index (χ1v) is 15.2. The zero-order valence-corrected chi connectivity index (χ0v) is 24.5. The van der Waals surface area contributed by atoms with Crippen molar-refractivity contribution in [3.63, 3.8) is 0 Å². The molecule has 206 valence electrons. The summed E-state index contributed by atoms with van der Waals surface area (Å²) >= 11 is 0. The summed E-state index contributed by atoms with van der Waals surface area (Å²) in [5.41, 5.74) is 0.428. The molecule has 0 amide bonds. The van der Waals surface area contributed by atoms with Gasteiger partial charge in [0, 0.05) is 19.8 Å². The maximum atomic E-state index is 12.4. The van der Waals surface area contributed by atoms with E-state index in [1.54, 1.807) is 6.92 Å². The molecule has 4 aliphatic carbocycles. The third-order valence-electron chi connectivity index (χ3n) is 12.1. The molecule has 0 aromatic rings. The SMILES string of the molecule is CC(=O)O[C@@H]1CC[C@@]2(C)[C@@H](CC[C@H]3[C@@H]2[C@H](OC(C)=O)C[C@@]2(C)[C@H]3CC[C@H]2[C@H](C)CC[C@H](C)C(C)C)C1. The Hall–Kier alpha value is -1.06. The predicted octanol–water partition coefficient (Wildman–Crippen LogP) is 7.83. The molecule has 4 heteroatoms. The first-order chi connectivity index (χ1) is 16.9. The highest BCUT2D eigenvalue weighted by molar-refractivity contribution is 5.66. The first kappa shape index (κ1) is 28.0. The minimum Gasteiger partial charge on any atom is -0.463 e. The third kappa shape index (κ3) is 5.13. The van der Waals surface area contributed by atoms with Crippen molar-refractivity contribution in [3.8, 4) is 0 Å². The summed E-state index contributed by atoms with van der Waals surface area (Å²) in [6.45, 7) is 17.8. The molecule has 0 heterocycles. The van der Waals surface area contributed by atoms with Gasteiger partial charge in [-0.3, -0.25) is 9.59 Å². The summed E-state index contributed by atoms with van der Waals surface area (Å²) in [5, 5.41) is 0. The molecule has 36 heavy (non-hydrogen) atoms. The molecular weight excluding hydrogens is 448 g/mol. The number of carbonyl (C=O) groups is 2. The molecule has 4 saturated carbocycles. The molecule has 0 bridgehead atoms. The average Bonchev–Trinajstić information content (AvgIpc) is 3.13. The monoisotopic (exact) mass is 502 g/mol. The Balaban J connectivity index is 1.57. The van der Waals surface area contributed by atoms with E-state index >= 15 is 0 Å². The standard InChI is InChI=1S/C32H54O4/c1-19(2)20(3)9-10-21(4)27-13-14-28-26-12-11-24-17-25(35-22(5)33)15-16-31(24,7)30(26)29(36-23(6)34)18-32(27,28)8/h19-21,24-30H,9-18H2,1-8H3/t20-,21+,24-,25+,26+,27-,28-,29+,30+,31-,32+/m0/s1. The summed E-state index contributed by atoms with van der Waals surface area (Å²) in [5.74, 6) is 5.08. The van der Waals surface area contributed by atoms with Crippen LogP contribution in [0.1, 0.15) is 120 Å². The Bertz CT molecular complexity index is 806. The Morgan fingerprint density at radius 3 is 2.19 bits per heavy atom. The van der Waals surface area contributed by atoms with Crippen molar-refractivity contribution in [2.75, 3.05) is 0 Å². The van der Waals surface area contributed by atoms with Crippen LogP contribution < -0.4 is 0 Å². The van der Waals surface area contributed by atoms with Gasteiger partial charge in [0.2, 0.25) is 0 Å². The number of esters is 2. The Kier molecular flexibility index (Phi) is 8.23. The van der Waals surface area contributed by atoms with E-state index in [0.717, 1.165) is 55.3 Å². The van der Waals surface area contributed by atoms with Crippen LogP contribution in [0.15, 0.2) is 0 Å². The largest absolute Gasteiger partial charge is 0.463 e. The van der Waals surface area contributed by atoms with E-state index in [1.807, 2.05) is 0 Å². The molecule has 4 aliphatic rings. The minimum absolute atomic E-state index is 0.0224. The second kappa shape index (κ2) is 10.6. The van der Waals surface area contributed by atoms with Gasteiger partial charge < -0.3 is 9.47 Å². The maximum absolute atomic E-state index is 12.4. The van der Waals surface area contributed by atoms with Crippen molar-refractivity contribution in [1.29, 1.82) is 0 Å². The summed E-state index contributed by atoms with van der Waals surface area (Å²) in [6, 6.07) is 0. The molecule has 4 fully saturated rings. The van der Waals surface area contributed by atoms with Gasteiger partial charge in [0.15, 0.2) is 0 Å². The predicted molar refractivity (Wildman–Crippen MR) is 144 cm³/mol. The maximum Gasteiger partial charge on any atom is 0.302 e. The molecule has 0 radical (unpaired) electrons. The van der Waals surface area contributed by atoms with Crippen LogP contribution in [-0.2, 0) is 19.1 Å². The molecule has 0 saturated heterocycles. The van der Waals surface area contributed by atoms with E-state index < -0.39 is 0 Å². The molecule has 4 nitrogen and oxygen atoms in total. The molecule has 0 aliphatic heterocycles. The van der Waals surface area contributed by atoms with Crippen LogP contribution in [-0.4, -0.2) is 24.1 Å². The number of hydrogen-bond donors (Lipinski definition) is 0. The van der Waals surface area contributed by atoms with Crippen LogP contribution in [0.5, 0.6) is 0 Å². The molecule has 0 aromatic carbocycles. The van der Waals surface area contributed by atoms with Crippen molar-refractivity contribution >= 4 is 11.9 Å². The fourth-order valence-corrected chi connectivity index (χ4v) is 10.0. The lowest BCUT2D eigenvalue weighted by molar-refractivity contribution is -0.201. The summed E-state index contributed by atoms with van der Waals surface area (Å²) < 4.78 is 11.9. The van der Waals surface area contributed by atoms with E-state index in [0.29, 0.717) is 17.8 Å². The second-order valence-electron chi connectivity index (χ2n) is 14.4. The van der Waals surface area contributed by atoms with Gasteiger partial charge in [-0.2, -0.15) is 0 Å². The minimum atomic E-state index is -0.155. The molecule has 0 N–H and O–H groups in total. The van der Waals surface area contributed by atoms with Gasteiger partial charge in [0.25, 0.3) is 0 Å². The molecule has 0 spiro atoms. The highest BCUT2D eigenvalue weighted by Crippen LogP contribution is 2.69. The van der Waals surface area contributed by atoms with Crippen LogP contribution in [0.25, 0.3) is 0 Å². The highest BCUT2D eigenvalue weighted by Gasteiger charge is 2.64. The normalized spacial score (nSPS) is 43.6. The lowest BCUT2D eigenvalue weighted by atomic mass is 9.43. The van der Waals surface area contributed by atoms with Gasteiger partial charge in [0.05, 0.1) is 0 Å². The van der Waals surface area contributed by atoms with E-state index in [-0.39, 0.29) is 35.0 Å². The van der Waals surface area contributed by atoms with Crippen molar-refractivity contribution in [1.82, 2.24) is 0 Å². The van der Waals surface area contributed by atoms with E-state index in [9.17, 15) is 9.59 Å². The zero-order chi connectivity index (χ0) is 26.4. The fraction of sp³-hybridized carbons (Fsp3) is 0.938. The van der Waals surface area contributed by atoms with Crippen LogP contribution in [0.3, 0.4) is 0 Å². The van der Waals surface area contributed by atoms with E-state index in [4.69, 9.17) is 9.47 Å². The third-order valence-corrected chi connectivity index (χ3v) is 12.1. The van der Waals surface area contributed by atoms with Crippen molar-refractivity contribution in [3.05, 3.63) is 0 Å². The van der Waals surface area contributed by atoms with Crippen molar-refractivity contribution in [2.45, 2.75) is 132 Å². The number of ether oxygens (including phenoxy) is 2. The molecular formula is C32H54O4. The van der Waals surface area contributed by atoms with Gasteiger partial charge in [-0.05, 0) is 104 Å². The number of carbonyl (C=O) groups excluding carboxylic acids is 2. The van der Waals surface area contributed by atoms with Crippen LogP contribution in [0.4, 0.5) is 0 Å². The Morgan fingerprint density at radius 2 is 1.56 bits per heavy atom. The second-order valence-corrected chi connectivity index (χ2v) is 14.4. The quantitative estimate of drug-likeness (QED) is 0.333. The van der Waals surface area contributed by atoms with Gasteiger partial charge in [-0.25, -0.2) is 0 Å². The van der Waals surface area contributed by atoms with Gasteiger partial charge in [-0.15, -0.1) is 0 Å². The molecule has 11 atom stereocenters. The lowest BCUT2D eigenvalue weighted by Gasteiger charge is -2.63. The number of hydrogen-bond acceptors (Lipinski definition) is 4. The first-order valence-electron chi connectivity index (χ1n) is 15.2. The van der Waals surface area contributed by atoms with Crippen LogP contribution >= 0.6 is 0 Å². The summed E-state index contributed by atoms with van der Waals surface area (Å²) in [6.07, 6.45) is 11.9. The summed E-state index contributed by atoms with van der Waals surface area (Å²) in [7, 11) is 0. The number of rotatable bonds is 7. The molecule has 0 unspecified atom stereocenters. The van der Waals surface area contributed by atoms with Gasteiger partial charge in [-0.1, -0.05) is 54.4 Å². The highest BCUT2D eigenvalue weighted by atomic mass is 16.5. The molecule has 4 rings (SSSR count). The number of fused-ring (bicyclic) bond motifs is 5. The van der Waals surface area contributed by atoms with E-state index in [2.05, 4.69) is 41.5 Å².